The Balaban J connectivity index is 1.84. The summed E-state index contributed by atoms with van der Waals surface area (Å²) in [5.41, 5.74) is 6.50. The Bertz CT molecular complexity index is 585. The molecule has 0 spiro atoms. The molecule has 1 aliphatic carbocycles. The van der Waals surface area contributed by atoms with E-state index in [1.165, 1.54) is 0 Å². The number of anilines is 1. The normalized spacial score (nSPS) is 20.5. The van der Waals surface area contributed by atoms with Gasteiger partial charge in [-0.2, -0.15) is 0 Å². The minimum Gasteiger partial charge on any atom is -0.481 e. The monoisotopic (exact) mass is 319 g/mol. The number of nitrogens with two attached hydrogens (primary N) is 1. The summed E-state index contributed by atoms with van der Waals surface area (Å²) in [5.74, 6) is -1.57. The molecule has 0 saturated heterocycles. The third kappa shape index (κ3) is 4.98. The summed E-state index contributed by atoms with van der Waals surface area (Å²) >= 11 is 0. The SMILES string of the molecule is NC(=O)Nc1ccc(CNC(=O)C2CCCC(C(=O)O)C2)cc1. The van der Waals surface area contributed by atoms with Crippen molar-refractivity contribution in [2.24, 2.45) is 17.6 Å². The molecule has 124 valence electrons. The summed E-state index contributed by atoms with van der Waals surface area (Å²) in [6.45, 7) is 0.365. The van der Waals surface area contributed by atoms with Crippen molar-refractivity contribution in [3.63, 3.8) is 0 Å². The van der Waals surface area contributed by atoms with Crippen molar-refractivity contribution in [2.75, 3.05) is 5.32 Å². The van der Waals surface area contributed by atoms with E-state index < -0.39 is 17.9 Å². The van der Waals surface area contributed by atoms with Crippen molar-refractivity contribution in [3.05, 3.63) is 29.8 Å². The Morgan fingerprint density at radius 1 is 1.13 bits per heavy atom. The Hall–Kier alpha value is -2.57. The Morgan fingerprint density at radius 3 is 2.39 bits per heavy atom. The maximum atomic E-state index is 12.2. The number of carboxylic acid groups (broad SMARTS) is 1. The first-order valence-corrected chi connectivity index (χ1v) is 7.61. The molecule has 7 heteroatoms. The highest BCUT2D eigenvalue weighted by Crippen LogP contribution is 2.29. The Morgan fingerprint density at radius 2 is 1.78 bits per heavy atom. The highest BCUT2D eigenvalue weighted by atomic mass is 16.4. The smallest absolute Gasteiger partial charge is 0.316 e. The quantitative estimate of drug-likeness (QED) is 0.659. The lowest BCUT2D eigenvalue weighted by Gasteiger charge is -2.25. The maximum absolute atomic E-state index is 12.2. The lowest BCUT2D eigenvalue weighted by atomic mass is 9.81. The van der Waals surface area contributed by atoms with Gasteiger partial charge in [0.25, 0.3) is 0 Å². The third-order valence-electron chi connectivity index (χ3n) is 4.08. The van der Waals surface area contributed by atoms with E-state index in [1.807, 2.05) is 0 Å². The lowest BCUT2D eigenvalue weighted by molar-refractivity contribution is -0.144. The van der Waals surface area contributed by atoms with Crippen molar-refractivity contribution < 1.29 is 19.5 Å². The number of hydrogen-bond acceptors (Lipinski definition) is 3. The van der Waals surface area contributed by atoms with E-state index in [-0.39, 0.29) is 11.8 Å². The summed E-state index contributed by atoms with van der Waals surface area (Å²) in [7, 11) is 0. The van der Waals surface area contributed by atoms with Crippen LogP contribution in [0.3, 0.4) is 0 Å². The van der Waals surface area contributed by atoms with Gasteiger partial charge in [-0.05, 0) is 37.0 Å². The molecule has 0 heterocycles. The molecule has 7 nitrogen and oxygen atoms in total. The average molecular weight is 319 g/mol. The van der Waals surface area contributed by atoms with E-state index in [1.54, 1.807) is 24.3 Å². The molecule has 1 aromatic carbocycles. The molecule has 1 aliphatic rings. The van der Waals surface area contributed by atoms with Crippen LogP contribution in [-0.2, 0) is 16.1 Å². The molecule has 1 fully saturated rings. The summed E-state index contributed by atoms with van der Waals surface area (Å²) in [6.07, 6.45) is 2.55. The fourth-order valence-corrected chi connectivity index (χ4v) is 2.83. The fraction of sp³-hybridized carbons (Fsp3) is 0.438. The Labute approximate surface area is 134 Å². The number of carboxylic acids is 1. The van der Waals surface area contributed by atoms with E-state index in [9.17, 15) is 14.4 Å². The fourth-order valence-electron chi connectivity index (χ4n) is 2.83. The molecule has 5 N–H and O–H groups in total. The number of benzene rings is 1. The van der Waals surface area contributed by atoms with Gasteiger partial charge in [-0.1, -0.05) is 18.6 Å². The van der Waals surface area contributed by atoms with E-state index in [0.29, 0.717) is 25.1 Å². The second-order valence-electron chi connectivity index (χ2n) is 5.80. The second kappa shape index (κ2) is 7.62. The summed E-state index contributed by atoms with van der Waals surface area (Å²) < 4.78 is 0. The van der Waals surface area contributed by atoms with Gasteiger partial charge < -0.3 is 21.5 Å². The van der Waals surface area contributed by atoms with E-state index >= 15 is 0 Å². The maximum Gasteiger partial charge on any atom is 0.316 e. The first kappa shape index (κ1) is 16.8. The molecule has 2 atom stereocenters. The molecular weight excluding hydrogens is 298 g/mol. The first-order chi connectivity index (χ1) is 11.0. The molecule has 23 heavy (non-hydrogen) atoms. The zero-order valence-corrected chi connectivity index (χ0v) is 12.7. The van der Waals surface area contributed by atoms with Crippen molar-refractivity contribution in [2.45, 2.75) is 32.2 Å². The van der Waals surface area contributed by atoms with Gasteiger partial charge in [0.05, 0.1) is 5.92 Å². The molecule has 2 rings (SSSR count). The predicted molar refractivity (Wildman–Crippen MR) is 84.6 cm³/mol. The number of aliphatic carboxylic acids is 1. The summed E-state index contributed by atoms with van der Waals surface area (Å²) in [5, 5.41) is 14.4. The molecule has 0 bridgehead atoms. The van der Waals surface area contributed by atoms with Crippen LogP contribution in [0, 0.1) is 11.8 Å². The summed E-state index contributed by atoms with van der Waals surface area (Å²) in [4.78, 5) is 33.9. The molecule has 1 saturated carbocycles. The van der Waals surface area contributed by atoms with Gasteiger partial charge in [-0.25, -0.2) is 4.79 Å². The molecule has 1 aromatic rings. The second-order valence-corrected chi connectivity index (χ2v) is 5.80. The number of carbonyl (C=O) groups is 3. The van der Waals surface area contributed by atoms with Crippen LogP contribution in [-0.4, -0.2) is 23.0 Å². The molecule has 3 amide bonds. The molecule has 0 aliphatic heterocycles. The molecular formula is C16H21N3O4. The number of primary amides is 1. The number of carbonyl (C=O) groups excluding carboxylic acids is 2. The van der Waals surface area contributed by atoms with Gasteiger partial charge in [0.15, 0.2) is 0 Å². The van der Waals surface area contributed by atoms with Crippen LogP contribution in [0.15, 0.2) is 24.3 Å². The highest BCUT2D eigenvalue weighted by molar-refractivity contribution is 5.87. The van der Waals surface area contributed by atoms with Gasteiger partial charge in [0.2, 0.25) is 5.91 Å². The number of nitrogens with one attached hydrogen (secondary N) is 2. The van der Waals surface area contributed by atoms with E-state index in [4.69, 9.17) is 10.8 Å². The largest absolute Gasteiger partial charge is 0.481 e. The average Bonchev–Trinajstić information content (AvgIpc) is 2.53. The highest BCUT2D eigenvalue weighted by Gasteiger charge is 2.30. The van der Waals surface area contributed by atoms with Crippen LogP contribution in [0.5, 0.6) is 0 Å². The number of amides is 3. The van der Waals surface area contributed by atoms with Crippen molar-refractivity contribution in [1.82, 2.24) is 5.32 Å². The zero-order valence-electron chi connectivity index (χ0n) is 12.7. The molecule has 0 radical (unpaired) electrons. The number of urea groups is 1. The third-order valence-corrected chi connectivity index (χ3v) is 4.08. The lowest BCUT2D eigenvalue weighted by Crippen LogP contribution is -2.35. The minimum absolute atomic E-state index is 0.102. The van der Waals surface area contributed by atoms with Gasteiger partial charge in [0.1, 0.15) is 0 Å². The topological polar surface area (TPSA) is 122 Å². The van der Waals surface area contributed by atoms with Crippen LogP contribution in [0.2, 0.25) is 0 Å². The van der Waals surface area contributed by atoms with Gasteiger partial charge >= 0.3 is 12.0 Å². The Kier molecular flexibility index (Phi) is 5.56. The molecule has 0 aromatic heterocycles. The van der Waals surface area contributed by atoms with E-state index in [2.05, 4.69) is 10.6 Å². The van der Waals surface area contributed by atoms with Gasteiger partial charge in [-0.15, -0.1) is 0 Å². The first-order valence-electron chi connectivity index (χ1n) is 7.61. The van der Waals surface area contributed by atoms with Gasteiger partial charge in [0, 0.05) is 18.2 Å². The number of hydrogen-bond donors (Lipinski definition) is 4. The van der Waals surface area contributed by atoms with Crippen LogP contribution in [0.25, 0.3) is 0 Å². The zero-order chi connectivity index (χ0) is 16.8. The molecule has 2 unspecified atom stereocenters. The van der Waals surface area contributed by atoms with Crippen LogP contribution in [0.4, 0.5) is 10.5 Å². The van der Waals surface area contributed by atoms with Crippen molar-refractivity contribution >= 4 is 23.6 Å². The van der Waals surface area contributed by atoms with Crippen molar-refractivity contribution in [3.8, 4) is 0 Å². The standard InChI is InChI=1S/C16H21N3O4/c17-16(23)19-13-6-4-10(5-7-13)9-18-14(20)11-2-1-3-12(8-11)15(21)22/h4-7,11-12H,1-3,8-9H2,(H,18,20)(H,21,22)(H3,17,19,23). The van der Waals surface area contributed by atoms with Gasteiger partial charge in [-0.3, -0.25) is 9.59 Å². The van der Waals surface area contributed by atoms with Crippen LogP contribution in [0.1, 0.15) is 31.2 Å². The van der Waals surface area contributed by atoms with Crippen LogP contribution >= 0.6 is 0 Å². The van der Waals surface area contributed by atoms with E-state index in [0.717, 1.165) is 18.4 Å². The number of rotatable bonds is 5. The predicted octanol–water partition coefficient (Wildman–Crippen LogP) is 1.68. The van der Waals surface area contributed by atoms with Crippen molar-refractivity contribution in [1.29, 1.82) is 0 Å². The minimum atomic E-state index is -0.819. The summed E-state index contributed by atoms with van der Waals surface area (Å²) in [6, 6.07) is 6.34. The van der Waals surface area contributed by atoms with Crippen LogP contribution < -0.4 is 16.4 Å².